The zero-order chi connectivity index (χ0) is 16.9. The van der Waals surface area contributed by atoms with E-state index in [2.05, 4.69) is 15.3 Å². The van der Waals surface area contributed by atoms with Gasteiger partial charge < -0.3 is 14.6 Å². The molecule has 0 aliphatic carbocycles. The molecule has 0 radical (unpaired) electrons. The van der Waals surface area contributed by atoms with Crippen molar-refractivity contribution in [2.24, 2.45) is 7.05 Å². The van der Waals surface area contributed by atoms with Gasteiger partial charge in [0.1, 0.15) is 18.5 Å². The highest BCUT2D eigenvalue weighted by Gasteiger charge is 2.10. The molecule has 120 valence electrons. The molecule has 7 nitrogen and oxygen atoms in total. The minimum Gasteiger partial charge on any atom is -0.460 e. The summed E-state index contributed by atoms with van der Waals surface area (Å²) in [6.07, 6.45) is 3.29. The number of benzene rings is 1. The van der Waals surface area contributed by atoms with Crippen LogP contribution in [0.15, 0.2) is 42.9 Å². The Kier molecular flexibility index (Phi) is 4.38. The third kappa shape index (κ3) is 3.17. The van der Waals surface area contributed by atoms with Crippen LogP contribution in [0, 0.1) is 11.3 Å². The van der Waals surface area contributed by atoms with Crippen molar-refractivity contribution < 1.29 is 9.53 Å². The maximum absolute atomic E-state index is 12.1. The largest absolute Gasteiger partial charge is 0.460 e. The summed E-state index contributed by atoms with van der Waals surface area (Å²) >= 11 is 0. The van der Waals surface area contributed by atoms with Crippen LogP contribution >= 0.6 is 0 Å². The van der Waals surface area contributed by atoms with Gasteiger partial charge in [-0.25, -0.2) is 14.8 Å². The Morgan fingerprint density at radius 3 is 3.08 bits per heavy atom. The van der Waals surface area contributed by atoms with E-state index < -0.39 is 5.97 Å². The number of aromatic nitrogens is 3. The second kappa shape index (κ2) is 6.79. The summed E-state index contributed by atoms with van der Waals surface area (Å²) in [4.78, 5) is 20.4. The number of rotatable bonds is 5. The van der Waals surface area contributed by atoms with E-state index in [-0.39, 0.29) is 6.61 Å². The van der Waals surface area contributed by atoms with Crippen LogP contribution in [-0.4, -0.2) is 33.7 Å². The maximum atomic E-state index is 12.1. The van der Waals surface area contributed by atoms with Crippen LogP contribution < -0.4 is 5.32 Å². The average Bonchev–Trinajstić information content (AvgIpc) is 2.99. The van der Waals surface area contributed by atoms with Crippen molar-refractivity contribution in [3.8, 4) is 6.07 Å². The Balaban J connectivity index is 1.56. The molecule has 0 bridgehead atoms. The van der Waals surface area contributed by atoms with Crippen LogP contribution in [0.1, 0.15) is 15.9 Å². The SMILES string of the molecule is Cn1cnc2cc(C(=O)OCCNc3ncccc3C#N)ccc21. The van der Waals surface area contributed by atoms with E-state index in [0.29, 0.717) is 23.5 Å². The Bertz CT molecular complexity index is 926. The van der Waals surface area contributed by atoms with E-state index in [1.54, 1.807) is 36.8 Å². The number of hydrogen-bond donors (Lipinski definition) is 1. The molecule has 2 heterocycles. The monoisotopic (exact) mass is 321 g/mol. The van der Waals surface area contributed by atoms with Crippen molar-refractivity contribution in [1.29, 1.82) is 5.26 Å². The van der Waals surface area contributed by atoms with Gasteiger partial charge in [-0.05, 0) is 30.3 Å². The fourth-order valence-corrected chi connectivity index (χ4v) is 2.30. The number of carbonyl (C=O) groups excluding carboxylic acids is 1. The minimum absolute atomic E-state index is 0.167. The zero-order valence-corrected chi connectivity index (χ0v) is 13.1. The average molecular weight is 321 g/mol. The summed E-state index contributed by atoms with van der Waals surface area (Å²) in [7, 11) is 1.89. The van der Waals surface area contributed by atoms with E-state index in [4.69, 9.17) is 10.00 Å². The van der Waals surface area contributed by atoms with E-state index in [1.807, 2.05) is 23.8 Å². The van der Waals surface area contributed by atoms with Crippen molar-refractivity contribution in [3.05, 3.63) is 54.0 Å². The molecule has 0 saturated carbocycles. The summed E-state index contributed by atoms with van der Waals surface area (Å²) in [6.45, 7) is 0.532. The van der Waals surface area contributed by atoms with Gasteiger partial charge >= 0.3 is 5.97 Å². The topological polar surface area (TPSA) is 92.8 Å². The van der Waals surface area contributed by atoms with Gasteiger partial charge in [0, 0.05) is 13.2 Å². The molecule has 2 aromatic heterocycles. The lowest BCUT2D eigenvalue weighted by molar-refractivity contribution is 0.0521. The van der Waals surface area contributed by atoms with Crippen LogP contribution in [0.3, 0.4) is 0 Å². The van der Waals surface area contributed by atoms with Crippen molar-refractivity contribution in [1.82, 2.24) is 14.5 Å². The van der Waals surface area contributed by atoms with Crippen molar-refractivity contribution in [2.75, 3.05) is 18.5 Å². The van der Waals surface area contributed by atoms with E-state index in [0.717, 1.165) is 11.0 Å². The predicted molar refractivity (Wildman–Crippen MR) is 88.4 cm³/mol. The standard InChI is InChI=1S/C17H15N5O2/c1-22-11-21-14-9-12(4-5-15(14)22)17(23)24-8-7-20-16-13(10-18)3-2-6-19-16/h2-6,9,11H,7-8H2,1H3,(H,19,20). The molecule has 1 aromatic carbocycles. The summed E-state index contributed by atoms with van der Waals surface area (Å²) < 4.78 is 7.12. The second-order valence-electron chi connectivity index (χ2n) is 5.13. The highest BCUT2D eigenvalue weighted by molar-refractivity contribution is 5.93. The Morgan fingerprint density at radius 2 is 2.25 bits per heavy atom. The number of nitrogens with one attached hydrogen (secondary N) is 1. The minimum atomic E-state index is -0.411. The Labute approximate surface area is 138 Å². The van der Waals surface area contributed by atoms with E-state index in [1.165, 1.54) is 0 Å². The van der Waals surface area contributed by atoms with Gasteiger partial charge in [-0.3, -0.25) is 0 Å². The molecule has 3 aromatic rings. The molecular formula is C17H15N5O2. The fourth-order valence-electron chi connectivity index (χ4n) is 2.30. The maximum Gasteiger partial charge on any atom is 0.338 e. The number of anilines is 1. The van der Waals surface area contributed by atoms with Crippen LogP contribution in [0.25, 0.3) is 11.0 Å². The van der Waals surface area contributed by atoms with Gasteiger partial charge in [0.15, 0.2) is 0 Å². The molecule has 3 rings (SSSR count). The molecular weight excluding hydrogens is 306 g/mol. The highest BCUT2D eigenvalue weighted by atomic mass is 16.5. The summed E-state index contributed by atoms with van der Waals surface area (Å²) in [5, 5.41) is 12.0. The zero-order valence-electron chi connectivity index (χ0n) is 13.1. The first-order chi connectivity index (χ1) is 11.7. The molecule has 24 heavy (non-hydrogen) atoms. The van der Waals surface area contributed by atoms with Gasteiger partial charge in [0.05, 0.1) is 35.0 Å². The van der Waals surface area contributed by atoms with Crippen molar-refractivity contribution in [2.45, 2.75) is 0 Å². The van der Waals surface area contributed by atoms with Gasteiger partial charge in [-0.2, -0.15) is 5.26 Å². The third-order valence-electron chi connectivity index (χ3n) is 3.52. The van der Waals surface area contributed by atoms with Crippen LogP contribution in [0.2, 0.25) is 0 Å². The molecule has 7 heteroatoms. The third-order valence-corrected chi connectivity index (χ3v) is 3.52. The molecule has 0 unspecified atom stereocenters. The number of imidazole rings is 1. The van der Waals surface area contributed by atoms with Crippen molar-refractivity contribution >= 4 is 22.8 Å². The van der Waals surface area contributed by atoms with Gasteiger partial charge in [0.2, 0.25) is 0 Å². The Morgan fingerprint density at radius 1 is 1.38 bits per heavy atom. The summed E-state index contributed by atoms with van der Waals surface area (Å²) in [6, 6.07) is 10.7. The number of fused-ring (bicyclic) bond motifs is 1. The molecule has 0 aliphatic heterocycles. The quantitative estimate of drug-likeness (QED) is 0.571. The molecule has 0 fully saturated rings. The first-order valence-electron chi connectivity index (χ1n) is 7.36. The first-order valence-corrected chi connectivity index (χ1v) is 7.36. The number of esters is 1. The second-order valence-corrected chi connectivity index (χ2v) is 5.13. The fraction of sp³-hybridized carbons (Fsp3) is 0.176. The predicted octanol–water partition coefficient (Wildman–Crippen LogP) is 2.11. The van der Waals surface area contributed by atoms with Crippen LogP contribution in [-0.2, 0) is 11.8 Å². The first kappa shape index (κ1) is 15.5. The van der Waals surface area contributed by atoms with E-state index in [9.17, 15) is 4.79 Å². The number of nitrogens with zero attached hydrogens (tertiary/aromatic N) is 4. The van der Waals surface area contributed by atoms with Gasteiger partial charge in [0.25, 0.3) is 0 Å². The van der Waals surface area contributed by atoms with Gasteiger partial charge in [-0.15, -0.1) is 0 Å². The molecule has 0 spiro atoms. The number of ether oxygens (including phenoxy) is 1. The van der Waals surface area contributed by atoms with Crippen LogP contribution in [0.4, 0.5) is 5.82 Å². The number of carbonyl (C=O) groups is 1. The molecule has 0 saturated heterocycles. The molecule has 0 aliphatic rings. The number of hydrogen-bond acceptors (Lipinski definition) is 6. The number of aryl methyl sites for hydroxylation is 1. The number of pyridine rings is 1. The smallest absolute Gasteiger partial charge is 0.338 e. The lowest BCUT2D eigenvalue weighted by Crippen LogP contribution is -2.15. The normalized spacial score (nSPS) is 10.3. The molecule has 0 amide bonds. The Hall–Kier alpha value is -3.40. The van der Waals surface area contributed by atoms with Crippen molar-refractivity contribution in [3.63, 3.8) is 0 Å². The van der Waals surface area contributed by atoms with Gasteiger partial charge in [-0.1, -0.05) is 0 Å². The lowest BCUT2D eigenvalue weighted by Gasteiger charge is -2.08. The molecule has 1 N–H and O–H groups in total. The van der Waals surface area contributed by atoms with Crippen LogP contribution in [0.5, 0.6) is 0 Å². The van der Waals surface area contributed by atoms with E-state index >= 15 is 0 Å². The molecule has 0 atom stereocenters. The summed E-state index contributed by atoms with van der Waals surface area (Å²) in [5.74, 6) is 0.0665. The lowest BCUT2D eigenvalue weighted by atomic mass is 10.2. The number of nitriles is 1. The highest BCUT2D eigenvalue weighted by Crippen LogP contribution is 2.14. The summed E-state index contributed by atoms with van der Waals surface area (Å²) in [5.41, 5.74) is 2.60.